The summed E-state index contributed by atoms with van der Waals surface area (Å²) in [4.78, 5) is 14.9. The number of rotatable bonds is 7. The number of benzene rings is 2. The Morgan fingerprint density at radius 2 is 1.93 bits per heavy atom. The van der Waals surface area contributed by atoms with E-state index in [1.54, 1.807) is 6.08 Å². The van der Waals surface area contributed by atoms with Gasteiger partial charge < -0.3 is 10.1 Å². The zero-order chi connectivity index (χ0) is 19.8. The molecule has 0 spiro atoms. The first-order valence-electron chi connectivity index (χ1n) is 9.76. The molecule has 0 saturated carbocycles. The average Bonchev–Trinajstić information content (AvgIpc) is 2.71. The summed E-state index contributed by atoms with van der Waals surface area (Å²) in [6.07, 6.45) is 3.39. The Hall–Kier alpha value is -2.24. The van der Waals surface area contributed by atoms with Crippen molar-refractivity contribution in [2.75, 3.05) is 36.5 Å². The Morgan fingerprint density at radius 3 is 2.64 bits per heavy atom. The minimum Gasteiger partial charge on any atom is -0.494 e. The van der Waals surface area contributed by atoms with E-state index in [0.717, 1.165) is 42.2 Å². The lowest BCUT2D eigenvalue weighted by Crippen LogP contribution is -2.32. The minimum atomic E-state index is -0.122. The summed E-state index contributed by atoms with van der Waals surface area (Å²) >= 11 is 2.02. The van der Waals surface area contributed by atoms with E-state index in [2.05, 4.69) is 23.2 Å². The van der Waals surface area contributed by atoms with Gasteiger partial charge in [0, 0.05) is 42.9 Å². The molecule has 0 atom stereocenters. The van der Waals surface area contributed by atoms with Crippen molar-refractivity contribution in [2.24, 2.45) is 0 Å². The standard InChI is InChI=1S/C23H28N2O2S/c1-3-27-21-10-7-19(8-11-21)9-12-23(26)24-22-6-4-5-20(18(22)2)17-25-13-15-28-16-14-25/h4-12H,3,13-17H2,1-2H3,(H,24,26). The molecular weight excluding hydrogens is 368 g/mol. The van der Waals surface area contributed by atoms with E-state index < -0.39 is 0 Å². The highest BCUT2D eigenvalue weighted by Gasteiger charge is 2.13. The molecule has 1 N–H and O–H groups in total. The molecule has 2 aromatic rings. The lowest BCUT2D eigenvalue weighted by molar-refractivity contribution is -0.111. The van der Waals surface area contributed by atoms with Crippen LogP contribution in [0, 0.1) is 6.92 Å². The normalized spacial score (nSPS) is 14.9. The summed E-state index contributed by atoms with van der Waals surface area (Å²) in [6, 6.07) is 13.8. The third-order valence-corrected chi connectivity index (χ3v) is 5.76. The zero-order valence-electron chi connectivity index (χ0n) is 16.6. The number of anilines is 1. The molecule has 0 radical (unpaired) electrons. The van der Waals surface area contributed by atoms with Crippen LogP contribution in [0.25, 0.3) is 6.08 Å². The Labute approximate surface area is 172 Å². The van der Waals surface area contributed by atoms with Crippen molar-refractivity contribution in [3.63, 3.8) is 0 Å². The molecule has 0 aliphatic carbocycles. The molecule has 2 aromatic carbocycles. The fraction of sp³-hybridized carbons (Fsp3) is 0.348. The molecule has 148 valence electrons. The maximum absolute atomic E-state index is 12.4. The number of nitrogens with one attached hydrogen (secondary N) is 1. The summed E-state index contributed by atoms with van der Waals surface area (Å²) in [5, 5.41) is 3.02. The highest BCUT2D eigenvalue weighted by atomic mass is 32.2. The molecule has 28 heavy (non-hydrogen) atoms. The van der Waals surface area contributed by atoms with E-state index in [4.69, 9.17) is 4.74 Å². The number of ether oxygens (including phenoxy) is 1. The number of hydrogen-bond donors (Lipinski definition) is 1. The molecule has 1 fully saturated rings. The molecule has 1 saturated heterocycles. The lowest BCUT2D eigenvalue weighted by Gasteiger charge is -2.27. The molecule has 1 aliphatic heterocycles. The van der Waals surface area contributed by atoms with Crippen molar-refractivity contribution in [3.8, 4) is 5.75 Å². The number of thioether (sulfide) groups is 1. The van der Waals surface area contributed by atoms with Gasteiger partial charge in [0.15, 0.2) is 0 Å². The van der Waals surface area contributed by atoms with Gasteiger partial charge in [-0.15, -0.1) is 0 Å². The van der Waals surface area contributed by atoms with Crippen molar-refractivity contribution in [2.45, 2.75) is 20.4 Å². The summed E-state index contributed by atoms with van der Waals surface area (Å²) < 4.78 is 5.44. The monoisotopic (exact) mass is 396 g/mol. The molecule has 5 heteroatoms. The van der Waals surface area contributed by atoms with Gasteiger partial charge in [-0.1, -0.05) is 24.3 Å². The van der Waals surface area contributed by atoms with Gasteiger partial charge in [-0.25, -0.2) is 0 Å². The summed E-state index contributed by atoms with van der Waals surface area (Å²) in [5.74, 6) is 3.12. The quantitative estimate of drug-likeness (QED) is 0.695. The topological polar surface area (TPSA) is 41.6 Å². The second-order valence-electron chi connectivity index (χ2n) is 6.80. The minimum absolute atomic E-state index is 0.122. The van der Waals surface area contributed by atoms with E-state index in [1.165, 1.54) is 17.1 Å². The summed E-state index contributed by atoms with van der Waals surface area (Å²) in [5.41, 5.74) is 4.26. The first kappa shape index (κ1) is 20.5. The Balaban J connectivity index is 1.60. The number of hydrogen-bond acceptors (Lipinski definition) is 4. The molecule has 3 rings (SSSR count). The summed E-state index contributed by atoms with van der Waals surface area (Å²) in [7, 11) is 0. The van der Waals surface area contributed by atoms with Crippen LogP contribution in [-0.4, -0.2) is 42.0 Å². The Bertz CT molecular complexity index is 812. The fourth-order valence-corrected chi connectivity index (χ4v) is 4.16. The first-order chi connectivity index (χ1) is 13.7. The van der Waals surface area contributed by atoms with Crippen LogP contribution < -0.4 is 10.1 Å². The van der Waals surface area contributed by atoms with Crippen molar-refractivity contribution in [1.29, 1.82) is 0 Å². The highest BCUT2D eigenvalue weighted by molar-refractivity contribution is 7.99. The van der Waals surface area contributed by atoms with Crippen LogP contribution in [0.5, 0.6) is 5.75 Å². The number of carbonyl (C=O) groups excluding carboxylic acids is 1. The van der Waals surface area contributed by atoms with E-state index in [1.807, 2.05) is 61.2 Å². The van der Waals surface area contributed by atoms with E-state index in [9.17, 15) is 4.79 Å². The van der Waals surface area contributed by atoms with Crippen molar-refractivity contribution >= 4 is 29.4 Å². The molecule has 4 nitrogen and oxygen atoms in total. The second-order valence-corrected chi connectivity index (χ2v) is 8.03. The van der Waals surface area contributed by atoms with Crippen molar-refractivity contribution < 1.29 is 9.53 Å². The predicted octanol–water partition coefficient (Wildman–Crippen LogP) is 4.59. The summed E-state index contributed by atoms with van der Waals surface area (Å²) in [6.45, 7) is 7.89. The largest absolute Gasteiger partial charge is 0.494 e. The molecule has 1 heterocycles. The first-order valence-corrected chi connectivity index (χ1v) is 10.9. The van der Waals surface area contributed by atoms with Crippen LogP contribution >= 0.6 is 11.8 Å². The Morgan fingerprint density at radius 1 is 1.18 bits per heavy atom. The third-order valence-electron chi connectivity index (χ3n) is 4.82. The van der Waals surface area contributed by atoms with E-state index in [-0.39, 0.29) is 5.91 Å². The predicted molar refractivity (Wildman–Crippen MR) is 119 cm³/mol. The van der Waals surface area contributed by atoms with Crippen molar-refractivity contribution in [1.82, 2.24) is 4.90 Å². The van der Waals surface area contributed by atoms with Gasteiger partial charge in [-0.3, -0.25) is 9.69 Å². The molecule has 1 amide bonds. The van der Waals surface area contributed by atoms with Crippen LogP contribution in [0.3, 0.4) is 0 Å². The molecule has 0 bridgehead atoms. The number of amides is 1. The van der Waals surface area contributed by atoms with Crippen molar-refractivity contribution in [3.05, 3.63) is 65.2 Å². The van der Waals surface area contributed by atoms with Gasteiger partial charge in [0.2, 0.25) is 5.91 Å². The Kier molecular flexibility index (Phi) is 7.57. The number of carbonyl (C=O) groups is 1. The molecule has 0 unspecified atom stereocenters. The van der Waals surface area contributed by atoms with Crippen LogP contribution in [0.4, 0.5) is 5.69 Å². The highest BCUT2D eigenvalue weighted by Crippen LogP contribution is 2.22. The van der Waals surface area contributed by atoms with Gasteiger partial charge in [0.05, 0.1) is 6.61 Å². The van der Waals surface area contributed by atoms with Gasteiger partial charge in [0.25, 0.3) is 0 Å². The maximum Gasteiger partial charge on any atom is 0.248 e. The second kappa shape index (κ2) is 10.3. The maximum atomic E-state index is 12.4. The molecule has 1 aliphatic rings. The SMILES string of the molecule is CCOc1ccc(C=CC(=O)Nc2cccc(CN3CCSCC3)c2C)cc1. The van der Waals surface area contributed by atoms with Gasteiger partial charge >= 0.3 is 0 Å². The van der Waals surface area contributed by atoms with Crippen LogP contribution in [-0.2, 0) is 11.3 Å². The average molecular weight is 397 g/mol. The fourth-order valence-electron chi connectivity index (χ4n) is 3.18. The van der Waals surface area contributed by atoms with Crippen LogP contribution in [0.1, 0.15) is 23.6 Å². The lowest BCUT2D eigenvalue weighted by atomic mass is 10.1. The smallest absolute Gasteiger partial charge is 0.248 e. The number of nitrogens with zero attached hydrogens (tertiary/aromatic N) is 1. The van der Waals surface area contributed by atoms with Gasteiger partial charge in [0.1, 0.15) is 5.75 Å². The molecule has 0 aromatic heterocycles. The van der Waals surface area contributed by atoms with Gasteiger partial charge in [-0.2, -0.15) is 11.8 Å². The third kappa shape index (κ3) is 5.88. The van der Waals surface area contributed by atoms with Crippen LogP contribution in [0.15, 0.2) is 48.5 Å². The van der Waals surface area contributed by atoms with E-state index in [0.29, 0.717) is 6.61 Å². The van der Waals surface area contributed by atoms with Crippen LogP contribution in [0.2, 0.25) is 0 Å². The van der Waals surface area contributed by atoms with Gasteiger partial charge in [-0.05, 0) is 54.8 Å². The van der Waals surface area contributed by atoms with E-state index >= 15 is 0 Å². The molecular formula is C23H28N2O2S. The zero-order valence-corrected chi connectivity index (χ0v) is 17.4.